The lowest BCUT2D eigenvalue weighted by Crippen LogP contribution is -2.05. The van der Waals surface area contributed by atoms with E-state index < -0.39 is 0 Å². The van der Waals surface area contributed by atoms with E-state index in [4.69, 9.17) is 5.41 Å². The van der Waals surface area contributed by atoms with Crippen molar-refractivity contribution in [3.05, 3.63) is 96.1 Å². The van der Waals surface area contributed by atoms with Crippen molar-refractivity contribution in [2.24, 2.45) is 0 Å². The summed E-state index contributed by atoms with van der Waals surface area (Å²) in [5.41, 5.74) is 2.90. The highest BCUT2D eigenvalue weighted by atomic mass is 14.4. The third-order valence-corrected chi connectivity index (χ3v) is 4.30. The van der Waals surface area contributed by atoms with Crippen molar-refractivity contribution in [3.8, 4) is 0 Å². The molecule has 1 N–H and O–H groups in total. The van der Waals surface area contributed by atoms with Gasteiger partial charge in [0.1, 0.15) is 0 Å². The maximum Gasteiger partial charge on any atom is 0.0442 e. The van der Waals surface area contributed by atoms with Crippen molar-refractivity contribution in [2.45, 2.75) is 6.42 Å². The zero-order valence-corrected chi connectivity index (χ0v) is 12.8. The first kappa shape index (κ1) is 13.7. The van der Waals surface area contributed by atoms with E-state index in [-0.39, 0.29) is 0 Å². The van der Waals surface area contributed by atoms with Gasteiger partial charge in [-0.3, -0.25) is 0 Å². The molecular formula is C22H17N. The van der Waals surface area contributed by atoms with Gasteiger partial charge < -0.3 is 5.41 Å². The molecule has 0 aliphatic carbocycles. The number of hydrogen-bond donors (Lipinski definition) is 1. The molecule has 0 spiro atoms. The summed E-state index contributed by atoms with van der Waals surface area (Å²) in [6.45, 7) is 0. The molecule has 110 valence electrons. The number of nitrogens with one attached hydrogen (secondary N) is 1. The van der Waals surface area contributed by atoms with Gasteiger partial charge >= 0.3 is 0 Å². The summed E-state index contributed by atoms with van der Waals surface area (Å²) in [5.74, 6) is 0. The second-order valence-corrected chi connectivity index (χ2v) is 5.83. The molecule has 23 heavy (non-hydrogen) atoms. The molecule has 0 amide bonds. The van der Waals surface area contributed by atoms with Gasteiger partial charge in [0.2, 0.25) is 0 Å². The Morgan fingerprint density at radius 3 is 1.78 bits per heavy atom. The molecule has 4 aromatic rings. The van der Waals surface area contributed by atoms with Gasteiger partial charge in [-0.25, -0.2) is 0 Å². The van der Waals surface area contributed by atoms with Crippen LogP contribution in [0.15, 0.2) is 84.9 Å². The summed E-state index contributed by atoms with van der Waals surface area (Å²) >= 11 is 0. The smallest absolute Gasteiger partial charge is 0.0442 e. The first-order valence-corrected chi connectivity index (χ1v) is 7.85. The highest BCUT2D eigenvalue weighted by molar-refractivity contribution is 6.20. The Hall–Kier alpha value is -2.93. The standard InChI is InChI=1S/C22H17N/c23-21(14-16-8-2-1-3-9-16)22-19-12-6-4-10-17(19)15-18-11-5-7-13-20(18)22/h1-13,15,23H,14H2. The largest absolute Gasteiger partial charge is 0.304 e. The first-order chi connectivity index (χ1) is 11.3. The van der Waals surface area contributed by atoms with Crippen molar-refractivity contribution in [1.82, 2.24) is 0 Å². The molecule has 0 fully saturated rings. The van der Waals surface area contributed by atoms with Crippen molar-refractivity contribution in [3.63, 3.8) is 0 Å². The highest BCUT2D eigenvalue weighted by Crippen LogP contribution is 2.29. The molecule has 4 aromatic carbocycles. The molecule has 0 aliphatic rings. The average molecular weight is 295 g/mol. The maximum absolute atomic E-state index is 8.73. The predicted molar refractivity (Wildman–Crippen MR) is 98.4 cm³/mol. The second-order valence-electron chi connectivity index (χ2n) is 5.83. The van der Waals surface area contributed by atoms with Gasteiger partial charge in [0.25, 0.3) is 0 Å². The van der Waals surface area contributed by atoms with E-state index in [2.05, 4.69) is 66.7 Å². The number of benzene rings is 4. The Balaban J connectivity index is 1.94. The molecule has 1 nitrogen and oxygen atoms in total. The third-order valence-electron chi connectivity index (χ3n) is 4.30. The van der Waals surface area contributed by atoms with E-state index in [1.165, 1.54) is 16.3 Å². The van der Waals surface area contributed by atoms with Gasteiger partial charge in [-0.1, -0.05) is 78.9 Å². The monoisotopic (exact) mass is 295 g/mol. The fourth-order valence-corrected chi connectivity index (χ4v) is 3.23. The van der Waals surface area contributed by atoms with Crippen LogP contribution in [0.4, 0.5) is 0 Å². The summed E-state index contributed by atoms with van der Waals surface area (Å²) in [5, 5.41) is 13.4. The van der Waals surface area contributed by atoms with Gasteiger partial charge in [0.15, 0.2) is 0 Å². The van der Waals surface area contributed by atoms with E-state index in [1.54, 1.807) is 0 Å². The summed E-state index contributed by atoms with van der Waals surface area (Å²) in [4.78, 5) is 0. The van der Waals surface area contributed by atoms with Crippen LogP contribution in [0.2, 0.25) is 0 Å². The van der Waals surface area contributed by atoms with Crippen molar-refractivity contribution in [1.29, 1.82) is 5.41 Å². The van der Waals surface area contributed by atoms with Crippen LogP contribution in [0.3, 0.4) is 0 Å². The van der Waals surface area contributed by atoms with Gasteiger partial charge in [0, 0.05) is 17.7 Å². The summed E-state index contributed by atoms with van der Waals surface area (Å²) in [6, 6.07) is 29.2. The van der Waals surface area contributed by atoms with Crippen LogP contribution in [0.1, 0.15) is 11.1 Å². The molecule has 0 heterocycles. The lowest BCUT2D eigenvalue weighted by atomic mass is 9.91. The van der Waals surface area contributed by atoms with Crippen molar-refractivity contribution in [2.75, 3.05) is 0 Å². The van der Waals surface area contributed by atoms with Crippen LogP contribution in [0.5, 0.6) is 0 Å². The first-order valence-electron chi connectivity index (χ1n) is 7.85. The molecule has 0 unspecified atom stereocenters. The Morgan fingerprint density at radius 2 is 1.17 bits per heavy atom. The van der Waals surface area contributed by atoms with E-state index in [9.17, 15) is 0 Å². The number of rotatable bonds is 3. The molecule has 0 atom stereocenters. The fraction of sp³-hybridized carbons (Fsp3) is 0.0455. The van der Waals surface area contributed by atoms with Crippen molar-refractivity contribution >= 4 is 27.3 Å². The molecular weight excluding hydrogens is 278 g/mol. The van der Waals surface area contributed by atoms with Crippen LogP contribution in [0, 0.1) is 5.41 Å². The number of hydrogen-bond acceptors (Lipinski definition) is 1. The maximum atomic E-state index is 8.73. The minimum atomic E-state index is 0.652. The summed E-state index contributed by atoms with van der Waals surface area (Å²) in [7, 11) is 0. The van der Waals surface area contributed by atoms with E-state index in [0.29, 0.717) is 12.1 Å². The van der Waals surface area contributed by atoms with Gasteiger partial charge in [-0.2, -0.15) is 0 Å². The molecule has 0 aromatic heterocycles. The molecule has 0 radical (unpaired) electrons. The van der Waals surface area contributed by atoms with Gasteiger partial charge in [-0.05, 0) is 33.2 Å². The van der Waals surface area contributed by atoms with Gasteiger partial charge in [-0.15, -0.1) is 0 Å². The average Bonchev–Trinajstić information content (AvgIpc) is 2.60. The van der Waals surface area contributed by atoms with Crippen LogP contribution in [-0.4, -0.2) is 5.71 Å². The van der Waals surface area contributed by atoms with Crippen LogP contribution in [-0.2, 0) is 6.42 Å². The normalized spacial score (nSPS) is 11.0. The number of fused-ring (bicyclic) bond motifs is 2. The van der Waals surface area contributed by atoms with E-state index in [0.717, 1.165) is 16.3 Å². The Labute approximate surface area is 135 Å². The van der Waals surface area contributed by atoms with Gasteiger partial charge in [0.05, 0.1) is 0 Å². The highest BCUT2D eigenvalue weighted by Gasteiger charge is 2.12. The molecule has 0 saturated heterocycles. The predicted octanol–water partition coefficient (Wildman–Crippen LogP) is 5.60. The molecule has 0 aliphatic heterocycles. The molecule has 0 saturated carbocycles. The van der Waals surface area contributed by atoms with Crippen LogP contribution < -0.4 is 0 Å². The van der Waals surface area contributed by atoms with E-state index >= 15 is 0 Å². The Kier molecular flexibility index (Phi) is 3.39. The molecule has 1 heteroatoms. The zero-order valence-electron chi connectivity index (χ0n) is 12.8. The minimum absolute atomic E-state index is 0.652. The molecule has 4 rings (SSSR count). The Morgan fingerprint density at radius 1 is 0.652 bits per heavy atom. The Bertz CT molecular complexity index is 946. The topological polar surface area (TPSA) is 23.9 Å². The SMILES string of the molecule is N=C(Cc1ccccc1)c1c2ccccc2cc2ccccc12. The fourth-order valence-electron chi connectivity index (χ4n) is 3.23. The second kappa shape index (κ2) is 5.69. The molecule has 0 bridgehead atoms. The summed E-state index contributed by atoms with van der Waals surface area (Å²) in [6.07, 6.45) is 0.652. The van der Waals surface area contributed by atoms with E-state index in [1.807, 2.05) is 18.2 Å². The van der Waals surface area contributed by atoms with Crippen LogP contribution >= 0.6 is 0 Å². The zero-order chi connectivity index (χ0) is 15.6. The third kappa shape index (κ3) is 2.51. The van der Waals surface area contributed by atoms with Crippen molar-refractivity contribution < 1.29 is 0 Å². The lowest BCUT2D eigenvalue weighted by molar-refractivity contribution is 1.28. The minimum Gasteiger partial charge on any atom is -0.304 e. The lowest BCUT2D eigenvalue weighted by Gasteiger charge is -2.13. The summed E-state index contributed by atoms with van der Waals surface area (Å²) < 4.78 is 0. The quantitative estimate of drug-likeness (QED) is 0.375. The van der Waals surface area contributed by atoms with Crippen LogP contribution in [0.25, 0.3) is 21.5 Å².